The van der Waals surface area contributed by atoms with E-state index in [9.17, 15) is 9.59 Å². The smallest absolute Gasteiger partial charge is 0.326 e. The van der Waals surface area contributed by atoms with Crippen LogP contribution >= 0.6 is 0 Å². The fourth-order valence-corrected chi connectivity index (χ4v) is 1.97. The molecule has 1 aromatic rings. The summed E-state index contributed by atoms with van der Waals surface area (Å²) in [4.78, 5) is 22.8. The Bertz CT molecular complexity index is 494. The van der Waals surface area contributed by atoms with Gasteiger partial charge in [0.25, 0.3) is 0 Å². The Morgan fingerprint density at radius 2 is 1.73 bits per heavy atom. The van der Waals surface area contributed by atoms with Crippen LogP contribution in [0.3, 0.4) is 0 Å². The van der Waals surface area contributed by atoms with Crippen LogP contribution in [0.1, 0.15) is 45.6 Å². The van der Waals surface area contributed by atoms with Gasteiger partial charge in [-0.2, -0.15) is 0 Å². The highest BCUT2D eigenvalue weighted by Gasteiger charge is 2.23. The quantitative estimate of drug-likeness (QED) is 0.774. The standard InChI is InChI=1S/C17H25NO4/c1-11(2)13-5-7-14(8-6-13)22-10-9-15(19)18-16(12(3)4)17(20)21/h5-8,11-12,16H,9-10H2,1-4H3,(H,18,19)(H,20,21)/t16-/m0/s1. The van der Waals surface area contributed by atoms with Crippen molar-refractivity contribution < 1.29 is 19.4 Å². The summed E-state index contributed by atoms with van der Waals surface area (Å²) in [6.45, 7) is 7.97. The van der Waals surface area contributed by atoms with Gasteiger partial charge in [0.05, 0.1) is 13.0 Å². The highest BCUT2D eigenvalue weighted by Crippen LogP contribution is 2.18. The van der Waals surface area contributed by atoms with E-state index in [1.807, 2.05) is 24.3 Å². The molecule has 22 heavy (non-hydrogen) atoms. The average Bonchev–Trinajstić information content (AvgIpc) is 2.44. The summed E-state index contributed by atoms with van der Waals surface area (Å²) in [6.07, 6.45) is 0.127. The second-order valence-electron chi connectivity index (χ2n) is 5.95. The molecule has 1 rings (SSSR count). The lowest BCUT2D eigenvalue weighted by atomic mass is 10.0. The first kappa shape index (κ1) is 18.0. The van der Waals surface area contributed by atoms with E-state index in [4.69, 9.17) is 9.84 Å². The zero-order chi connectivity index (χ0) is 16.7. The van der Waals surface area contributed by atoms with E-state index in [1.54, 1.807) is 13.8 Å². The maximum absolute atomic E-state index is 11.7. The van der Waals surface area contributed by atoms with Crippen molar-refractivity contribution in [3.8, 4) is 5.75 Å². The van der Waals surface area contributed by atoms with Crippen LogP contribution < -0.4 is 10.1 Å². The van der Waals surface area contributed by atoms with Gasteiger partial charge in [0.15, 0.2) is 0 Å². The maximum Gasteiger partial charge on any atom is 0.326 e. The summed E-state index contributed by atoms with van der Waals surface area (Å²) in [5, 5.41) is 11.5. The highest BCUT2D eigenvalue weighted by atomic mass is 16.5. The van der Waals surface area contributed by atoms with Crippen LogP contribution in [0.4, 0.5) is 0 Å². The number of ether oxygens (including phenoxy) is 1. The van der Waals surface area contributed by atoms with Crippen LogP contribution in [-0.4, -0.2) is 29.6 Å². The Kier molecular flexibility index (Phi) is 6.89. The summed E-state index contributed by atoms with van der Waals surface area (Å²) in [5.41, 5.74) is 1.23. The molecule has 122 valence electrons. The Balaban J connectivity index is 2.40. The molecule has 0 spiro atoms. The van der Waals surface area contributed by atoms with Crippen LogP contribution in [0, 0.1) is 5.92 Å². The molecule has 0 fully saturated rings. The molecule has 0 aliphatic heterocycles. The molecular formula is C17H25NO4. The fraction of sp³-hybridized carbons (Fsp3) is 0.529. The Labute approximate surface area is 131 Å². The van der Waals surface area contributed by atoms with Crippen LogP contribution in [0.2, 0.25) is 0 Å². The molecule has 0 saturated carbocycles. The van der Waals surface area contributed by atoms with Gasteiger partial charge in [0.1, 0.15) is 11.8 Å². The predicted octanol–water partition coefficient (Wildman–Crippen LogP) is 2.80. The van der Waals surface area contributed by atoms with Crippen molar-refractivity contribution in [3.05, 3.63) is 29.8 Å². The molecule has 5 heteroatoms. The topological polar surface area (TPSA) is 75.6 Å². The maximum atomic E-state index is 11.7. The molecule has 0 radical (unpaired) electrons. The van der Waals surface area contributed by atoms with Crippen molar-refractivity contribution in [3.63, 3.8) is 0 Å². The number of hydrogen-bond acceptors (Lipinski definition) is 3. The fourth-order valence-electron chi connectivity index (χ4n) is 1.97. The Morgan fingerprint density at radius 1 is 1.14 bits per heavy atom. The van der Waals surface area contributed by atoms with Gasteiger partial charge in [-0.25, -0.2) is 4.79 Å². The lowest BCUT2D eigenvalue weighted by Crippen LogP contribution is -2.44. The summed E-state index contributed by atoms with van der Waals surface area (Å²) in [7, 11) is 0. The third kappa shape index (κ3) is 5.76. The van der Waals surface area contributed by atoms with E-state index < -0.39 is 12.0 Å². The van der Waals surface area contributed by atoms with E-state index in [0.717, 1.165) is 0 Å². The van der Waals surface area contributed by atoms with Crippen molar-refractivity contribution in [1.82, 2.24) is 5.32 Å². The molecule has 0 aliphatic carbocycles. The number of rotatable bonds is 8. The number of carboxylic acid groups (broad SMARTS) is 1. The molecule has 0 heterocycles. The van der Waals surface area contributed by atoms with Crippen molar-refractivity contribution >= 4 is 11.9 Å². The minimum Gasteiger partial charge on any atom is -0.493 e. The van der Waals surface area contributed by atoms with E-state index in [1.165, 1.54) is 5.56 Å². The summed E-state index contributed by atoms with van der Waals surface area (Å²) >= 11 is 0. The van der Waals surface area contributed by atoms with Crippen LogP contribution in [0.15, 0.2) is 24.3 Å². The summed E-state index contributed by atoms with van der Waals surface area (Å²) in [5.74, 6) is -0.334. The first-order chi connectivity index (χ1) is 10.3. The van der Waals surface area contributed by atoms with Crippen LogP contribution in [0.5, 0.6) is 5.75 Å². The molecule has 0 unspecified atom stereocenters. The third-order valence-electron chi connectivity index (χ3n) is 3.39. The summed E-state index contributed by atoms with van der Waals surface area (Å²) < 4.78 is 5.51. The van der Waals surface area contributed by atoms with Gasteiger partial charge >= 0.3 is 5.97 Å². The van der Waals surface area contributed by atoms with E-state index in [2.05, 4.69) is 19.2 Å². The molecule has 0 aromatic heterocycles. The number of nitrogens with one attached hydrogen (secondary N) is 1. The largest absolute Gasteiger partial charge is 0.493 e. The highest BCUT2D eigenvalue weighted by molar-refractivity contribution is 5.83. The second kappa shape index (κ2) is 8.41. The molecule has 0 bridgehead atoms. The first-order valence-electron chi connectivity index (χ1n) is 7.56. The lowest BCUT2D eigenvalue weighted by Gasteiger charge is -2.17. The van der Waals surface area contributed by atoms with E-state index >= 15 is 0 Å². The van der Waals surface area contributed by atoms with Crippen molar-refractivity contribution in [2.24, 2.45) is 5.92 Å². The molecular weight excluding hydrogens is 282 g/mol. The van der Waals surface area contributed by atoms with Gasteiger partial charge in [-0.05, 0) is 29.5 Å². The molecule has 0 aliphatic rings. The van der Waals surface area contributed by atoms with Crippen molar-refractivity contribution in [2.75, 3.05) is 6.61 Å². The lowest BCUT2D eigenvalue weighted by molar-refractivity contribution is -0.143. The average molecular weight is 307 g/mol. The number of amides is 1. The van der Waals surface area contributed by atoms with Gasteiger partial charge < -0.3 is 15.2 Å². The first-order valence-corrected chi connectivity index (χ1v) is 7.56. The molecule has 2 N–H and O–H groups in total. The zero-order valence-corrected chi connectivity index (χ0v) is 13.6. The van der Waals surface area contributed by atoms with Gasteiger partial charge in [-0.3, -0.25) is 4.79 Å². The number of benzene rings is 1. The minimum atomic E-state index is -1.02. The predicted molar refractivity (Wildman–Crippen MR) is 85.0 cm³/mol. The minimum absolute atomic E-state index is 0.127. The Hall–Kier alpha value is -2.04. The Morgan fingerprint density at radius 3 is 2.18 bits per heavy atom. The second-order valence-corrected chi connectivity index (χ2v) is 5.95. The van der Waals surface area contributed by atoms with Crippen LogP contribution in [0.25, 0.3) is 0 Å². The molecule has 1 atom stereocenters. The monoisotopic (exact) mass is 307 g/mol. The van der Waals surface area contributed by atoms with Crippen molar-refractivity contribution in [2.45, 2.75) is 46.1 Å². The number of aliphatic carboxylic acids is 1. The normalized spacial score (nSPS) is 12.3. The number of carbonyl (C=O) groups excluding carboxylic acids is 1. The van der Waals surface area contributed by atoms with Gasteiger partial charge in [-0.15, -0.1) is 0 Å². The van der Waals surface area contributed by atoms with E-state index in [0.29, 0.717) is 11.7 Å². The molecule has 0 saturated heterocycles. The number of hydrogen-bond donors (Lipinski definition) is 2. The van der Waals surface area contributed by atoms with Crippen LogP contribution in [-0.2, 0) is 9.59 Å². The van der Waals surface area contributed by atoms with Crippen molar-refractivity contribution in [1.29, 1.82) is 0 Å². The molecule has 1 aromatic carbocycles. The molecule has 5 nitrogen and oxygen atoms in total. The number of carbonyl (C=O) groups is 2. The SMILES string of the molecule is CC(C)c1ccc(OCCC(=O)N[C@H](C(=O)O)C(C)C)cc1. The number of carboxylic acids is 1. The molecule has 1 amide bonds. The summed E-state index contributed by atoms with van der Waals surface area (Å²) in [6, 6.07) is 6.89. The third-order valence-corrected chi connectivity index (χ3v) is 3.39. The van der Waals surface area contributed by atoms with E-state index in [-0.39, 0.29) is 24.9 Å². The van der Waals surface area contributed by atoms with Gasteiger partial charge in [0.2, 0.25) is 5.91 Å². The van der Waals surface area contributed by atoms with Gasteiger partial charge in [0, 0.05) is 0 Å². The zero-order valence-electron chi connectivity index (χ0n) is 13.6. The van der Waals surface area contributed by atoms with Gasteiger partial charge in [-0.1, -0.05) is 39.8 Å².